The Morgan fingerprint density at radius 2 is 1.72 bits per heavy atom. The van der Waals surface area contributed by atoms with Crippen molar-refractivity contribution in [2.45, 2.75) is 13.3 Å². The van der Waals surface area contributed by atoms with Gasteiger partial charge in [0.2, 0.25) is 10.0 Å². The zero-order valence-corrected chi connectivity index (χ0v) is 15.1. The van der Waals surface area contributed by atoms with E-state index in [1.165, 1.54) is 0 Å². The Hall–Kier alpha value is -2.19. The molecule has 0 amide bonds. The van der Waals surface area contributed by atoms with Crippen molar-refractivity contribution in [2.24, 2.45) is 0 Å². The third kappa shape index (κ3) is 4.46. The second-order valence-electron chi connectivity index (χ2n) is 5.97. The van der Waals surface area contributed by atoms with Gasteiger partial charge in [-0.15, -0.1) is 10.2 Å². The molecule has 7 nitrogen and oxygen atoms in total. The number of piperazine rings is 1. The summed E-state index contributed by atoms with van der Waals surface area (Å²) in [7, 11) is -3.12. The van der Waals surface area contributed by atoms with Gasteiger partial charge in [0.05, 0.1) is 5.75 Å². The summed E-state index contributed by atoms with van der Waals surface area (Å²) in [5.41, 5.74) is 0.958. The van der Waals surface area contributed by atoms with E-state index in [0.717, 1.165) is 11.5 Å². The molecule has 0 aliphatic carbocycles. The van der Waals surface area contributed by atoms with Crippen LogP contribution in [-0.2, 0) is 10.0 Å². The number of sulfonamides is 1. The van der Waals surface area contributed by atoms with E-state index in [-0.39, 0.29) is 5.75 Å². The van der Waals surface area contributed by atoms with E-state index < -0.39 is 10.0 Å². The van der Waals surface area contributed by atoms with Gasteiger partial charge in [0, 0.05) is 31.9 Å². The van der Waals surface area contributed by atoms with Gasteiger partial charge in [0.15, 0.2) is 11.6 Å². The van der Waals surface area contributed by atoms with Gasteiger partial charge in [-0.2, -0.15) is 4.31 Å². The van der Waals surface area contributed by atoms with Crippen LogP contribution in [0.15, 0.2) is 42.5 Å². The first-order valence-electron chi connectivity index (χ1n) is 8.47. The molecule has 1 aliphatic heterocycles. The highest BCUT2D eigenvalue weighted by molar-refractivity contribution is 7.89. The lowest BCUT2D eigenvalue weighted by Gasteiger charge is -2.34. The average molecular weight is 361 g/mol. The number of anilines is 3. The first kappa shape index (κ1) is 17.6. The zero-order chi connectivity index (χ0) is 17.7. The first-order valence-corrected chi connectivity index (χ1v) is 10.1. The van der Waals surface area contributed by atoms with Crippen LogP contribution in [0.4, 0.5) is 17.3 Å². The molecule has 1 fully saturated rings. The number of nitrogens with one attached hydrogen (secondary N) is 1. The maximum absolute atomic E-state index is 12.1. The van der Waals surface area contributed by atoms with Crippen molar-refractivity contribution >= 4 is 27.3 Å². The maximum Gasteiger partial charge on any atom is 0.214 e. The molecule has 0 radical (unpaired) electrons. The Kier molecular flexibility index (Phi) is 5.50. The van der Waals surface area contributed by atoms with Crippen molar-refractivity contribution in [3.8, 4) is 0 Å². The van der Waals surface area contributed by atoms with E-state index in [4.69, 9.17) is 0 Å². The molecule has 8 heteroatoms. The monoisotopic (exact) mass is 361 g/mol. The van der Waals surface area contributed by atoms with Gasteiger partial charge in [0.25, 0.3) is 0 Å². The van der Waals surface area contributed by atoms with Crippen molar-refractivity contribution in [1.82, 2.24) is 14.5 Å². The third-order valence-electron chi connectivity index (χ3n) is 4.11. The van der Waals surface area contributed by atoms with Crippen LogP contribution in [0.2, 0.25) is 0 Å². The minimum absolute atomic E-state index is 0.215. The molecule has 2 aromatic rings. The predicted octanol–water partition coefficient (Wildman–Crippen LogP) is 2.08. The fourth-order valence-corrected chi connectivity index (χ4v) is 4.31. The Morgan fingerprint density at radius 1 is 1.00 bits per heavy atom. The lowest BCUT2D eigenvalue weighted by molar-refractivity contribution is 0.383. The van der Waals surface area contributed by atoms with Crippen LogP contribution in [0.25, 0.3) is 0 Å². The minimum Gasteiger partial charge on any atom is -0.352 e. The molecule has 0 saturated carbocycles. The third-order valence-corrected chi connectivity index (χ3v) is 6.19. The van der Waals surface area contributed by atoms with E-state index in [1.807, 2.05) is 49.4 Å². The normalized spacial score (nSPS) is 16.0. The fourth-order valence-electron chi connectivity index (χ4n) is 2.81. The molecule has 2 heterocycles. The van der Waals surface area contributed by atoms with Gasteiger partial charge in [0.1, 0.15) is 0 Å². The highest BCUT2D eigenvalue weighted by atomic mass is 32.2. The summed E-state index contributed by atoms with van der Waals surface area (Å²) in [6, 6.07) is 13.6. The Morgan fingerprint density at radius 3 is 2.32 bits per heavy atom. The Labute approximate surface area is 148 Å². The zero-order valence-electron chi connectivity index (χ0n) is 14.3. The summed E-state index contributed by atoms with van der Waals surface area (Å²) in [6.45, 7) is 4.13. The average Bonchev–Trinajstić information content (AvgIpc) is 2.63. The molecule has 1 saturated heterocycles. The Balaban J connectivity index is 1.59. The number of para-hydroxylation sites is 1. The van der Waals surface area contributed by atoms with Gasteiger partial charge in [-0.25, -0.2) is 8.42 Å². The lowest BCUT2D eigenvalue weighted by Crippen LogP contribution is -2.49. The van der Waals surface area contributed by atoms with Gasteiger partial charge in [-0.1, -0.05) is 25.1 Å². The summed E-state index contributed by atoms with van der Waals surface area (Å²) in [5.74, 6) is 1.66. The van der Waals surface area contributed by atoms with Gasteiger partial charge in [-0.05, 0) is 30.7 Å². The fraction of sp³-hybridized carbons (Fsp3) is 0.412. The molecular weight excluding hydrogens is 338 g/mol. The molecule has 1 N–H and O–H groups in total. The van der Waals surface area contributed by atoms with Crippen molar-refractivity contribution < 1.29 is 8.42 Å². The number of benzene rings is 1. The number of hydrogen-bond donors (Lipinski definition) is 1. The summed E-state index contributed by atoms with van der Waals surface area (Å²) in [5, 5.41) is 11.7. The van der Waals surface area contributed by atoms with Crippen molar-refractivity contribution in [3.63, 3.8) is 0 Å². The summed E-state index contributed by atoms with van der Waals surface area (Å²) >= 11 is 0. The van der Waals surface area contributed by atoms with Crippen molar-refractivity contribution in [3.05, 3.63) is 42.5 Å². The standard InChI is InChI=1S/C17H23N5O2S/c1-2-14-25(23,24)22-12-10-21(11-13-22)17-9-8-16(19-20-17)18-15-6-4-3-5-7-15/h3-9H,2,10-14H2,1H3,(H,18,19). The van der Waals surface area contributed by atoms with E-state index in [2.05, 4.69) is 20.4 Å². The number of rotatable bonds is 6. The van der Waals surface area contributed by atoms with Crippen LogP contribution < -0.4 is 10.2 Å². The highest BCUT2D eigenvalue weighted by Gasteiger charge is 2.26. The largest absolute Gasteiger partial charge is 0.352 e. The topological polar surface area (TPSA) is 78.4 Å². The maximum atomic E-state index is 12.1. The lowest BCUT2D eigenvalue weighted by atomic mass is 10.3. The SMILES string of the molecule is CCCS(=O)(=O)N1CCN(c2ccc(Nc3ccccc3)nn2)CC1. The van der Waals surface area contributed by atoms with Crippen molar-refractivity contribution in [1.29, 1.82) is 0 Å². The molecule has 134 valence electrons. The minimum atomic E-state index is -3.12. The smallest absolute Gasteiger partial charge is 0.214 e. The molecule has 0 atom stereocenters. The second kappa shape index (κ2) is 7.79. The molecular formula is C17H23N5O2S. The molecule has 25 heavy (non-hydrogen) atoms. The molecule has 0 bridgehead atoms. The summed E-state index contributed by atoms with van der Waals surface area (Å²) in [4.78, 5) is 2.07. The summed E-state index contributed by atoms with van der Waals surface area (Å²) in [6.07, 6.45) is 0.643. The molecule has 3 rings (SSSR count). The molecule has 1 aliphatic rings. The van der Waals surface area contributed by atoms with E-state index in [9.17, 15) is 8.42 Å². The van der Waals surface area contributed by atoms with Gasteiger partial charge >= 0.3 is 0 Å². The van der Waals surface area contributed by atoms with Crippen LogP contribution in [0.1, 0.15) is 13.3 Å². The van der Waals surface area contributed by atoms with Crippen molar-refractivity contribution in [2.75, 3.05) is 42.1 Å². The van der Waals surface area contributed by atoms with Crippen LogP contribution >= 0.6 is 0 Å². The van der Waals surface area contributed by atoms with Crippen LogP contribution in [0.5, 0.6) is 0 Å². The first-order chi connectivity index (χ1) is 12.1. The van der Waals surface area contributed by atoms with E-state index >= 15 is 0 Å². The molecule has 1 aromatic carbocycles. The Bertz CT molecular complexity index is 772. The van der Waals surface area contributed by atoms with Crippen LogP contribution in [0, 0.1) is 0 Å². The number of aromatic nitrogens is 2. The highest BCUT2D eigenvalue weighted by Crippen LogP contribution is 2.18. The van der Waals surface area contributed by atoms with E-state index in [0.29, 0.717) is 38.4 Å². The van der Waals surface area contributed by atoms with E-state index in [1.54, 1.807) is 4.31 Å². The van der Waals surface area contributed by atoms with Gasteiger partial charge < -0.3 is 10.2 Å². The number of hydrogen-bond acceptors (Lipinski definition) is 6. The van der Waals surface area contributed by atoms with Gasteiger partial charge in [-0.3, -0.25) is 0 Å². The van der Waals surface area contributed by atoms with Crippen LogP contribution in [0.3, 0.4) is 0 Å². The molecule has 0 spiro atoms. The predicted molar refractivity (Wildman–Crippen MR) is 99.6 cm³/mol. The second-order valence-corrected chi connectivity index (χ2v) is 8.06. The summed E-state index contributed by atoms with van der Waals surface area (Å²) < 4.78 is 25.8. The quantitative estimate of drug-likeness (QED) is 0.849. The van der Waals surface area contributed by atoms with Crippen LogP contribution in [-0.4, -0.2) is 54.9 Å². The molecule has 1 aromatic heterocycles. The molecule has 0 unspecified atom stereocenters. The number of nitrogens with zero attached hydrogens (tertiary/aromatic N) is 4.